The minimum atomic E-state index is -0.138. The number of imide groups is 2. The van der Waals surface area contributed by atoms with Gasteiger partial charge in [-0.3, -0.25) is 38.8 Å². The van der Waals surface area contributed by atoms with E-state index in [1.807, 2.05) is 9.80 Å². The Labute approximate surface area is 206 Å². The summed E-state index contributed by atoms with van der Waals surface area (Å²) in [6, 6.07) is 0. The predicted molar refractivity (Wildman–Crippen MR) is 133 cm³/mol. The minimum absolute atomic E-state index is 0.138. The molecule has 0 radical (unpaired) electrons. The maximum atomic E-state index is 12.5. The number of rotatable bonds is 17. The number of hydrogen-bond acceptors (Lipinski definition) is 6. The topological polar surface area (TPSA) is 81.2 Å². The van der Waals surface area contributed by atoms with Crippen molar-refractivity contribution in [3.05, 3.63) is 0 Å². The summed E-state index contributed by atoms with van der Waals surface area (Å²) in [5, 5.41) is 0. The van der Waals surface area contributed by atoms with E-state index in [9.17, 15) is 19.2 Å². The molecule has 34 heavy (non-hydrogen) atoms. The number of carbonyl (C=O) groups is 4. The Morgan fingerprint density at radius 2 is 0.735 bits per heavy atom. The first-order valence-electron chi connectivity index (χ1n) is 13.6. The van der Waals surface area contributed by atoms with Gasteiger partial charge in [-0.15, -0.1) is 0 Å². The van der Waals surface area contributed by atoms with Gasteiger partial charge in [0, 0.05) is 26.2 Å². The fourth-order valence-electron chi connectivity index (χ4n) is 4.69. The third kappa shape index (κ3) is 9.82. The number of unbranched alkanes of at least 4 members (excludes halogenated alkanes) is 10. The highest BCUT2D eigenvalue weighted by atomic mass is 16.2. The Balaban J connectivity index is 1.65. The summed E-state index contributed by atoms with van der Waals surface area (Å²) in [7, 11) is 0. The molecule has 8 heteroatoms. The Morgan fingerprint density at radius 1 is 0.441 bits per heavy atom. The molecule has 0 aliphatic carbocycles. The molecule has 0 spiro atoms. The zero-order valence-corrected chi connectivity index (χ0v) is 21.6. The van der Waals surface area contributed by atoms with Gasteiger partial charge in [-0.05, 0) is 12.8 Å². The summed E-state index contributed by atoms with van der Waals surface area (Å²) in [4.78, 5) is 56.5. The second kappa shape index (κ2) is 16.0. The van der Waals surface area contributed by atoms with Crippen molar-refractivity contribution in [2.24, 2.45) is 0 Å². The summed E-state index contributed by atoms with van der Waals surface area (Å²) in [5.41, 5.74) is 0. The van der Waals surface area contributed by atoms with Crippen molar-refractivity contribution >= 4 is 23.6 Å². The standard InChI is InChI=1S/C26H46N4O4/c1-3-5-7-9-11-13-15-29-23(31)19-27(20-24(29)32)17-18-28-21-25(33)30(26(34)22-28)16-14-12-10-8-6-4-2/h3-22H2,1-2H3. The van der Waals surface area contributed by atoms with Gasteiger partial charge in [-0.25, -0.2) is 0 Å². The van der Waals surface area contributed by atoms with Crippen molar-refractivity contribution in [1.29, 1.82) is 0 Å². The molecule has 2 aliphatic rings. The summed E-state index contributed by atoms with van der Waals surface area (Å²) in [6.07, 6.45) is 13.5. The largest absolute Gasteiger partial charge is 0.284 e. The zero-order valence-electron chi connectivity index (χ0n) is 21.6. The van der Waals surface area contributed by atoms with Crippen LogP contribution < -0.4 is 0 Å². The average molecular weight is 479 g/mol. The number of piperazine rings is 2. The van der Waals surface area contributed by atoms with Crippen LogP contribution in [0.5, 0.6) is 0 Å². The lowest BCUT2D eigenvalue weighted by Gasteiger charge is -2.36. The van der Waals surface area contributed by atoms with Gasteiger partial charge in [-0.2, -0.15) is 0 Å². The summed E-state index contributed by atoms with van der Waals surface area (Å²) < 4.78 is 0. The molecule has 8 nitrogen and oxygen atoms in total. The van der Waals surface area contributed by atoms with E-state index in [2.05, 4.69) is 13.8 Å². The van der Waals surface area contributed by atoms with Gasteiger partial charge in [-0.1, -0.05) is 78.1 Å². The zero-order chi connectivity index (χ0) is 24.8. The Morgan fingerprint density at radius 3 is 1.06 bits per heavy atom. The molecule has 2 saturated heterocycles. The van der Waals surface area contributed by atoms with Crippen LogP contribution in [0.4, 0.5) is 0 Å². The summed E-state index contributed by atoms with van der Waals surface area (Å²) in [5.74, 6) is -0.553. The highest BCUT2D eigenvalue weighted by Crippen LogP contribution is 2.12. The van der Waals surface area contributed by atoms with E-state index in [4.69, 9.17) is 0 Å². The third-order valence-electron chi connectivity index (χ3n) is 6.84. The SMILES string of the molecule is CCCCCCCCN1C(=O)CN(CCN2CC(=O)N(CCCCCCCC)C(=O)C2)CC1=O. The molecular weight excluding hydrogens is 432 g/mol. The van der Waals surface area contributed by atoms with Crippen molar-refractivity contribution in [2.45, 2.75) is 90.9 Å². The molecule has 0 atom stereocenters. The minimum Gasteiger partial charge on any atom is -0.284 e. The van der Waals surface area contributed by atoms with Gasteiger partial charge >= 0.3 is 0 Å². The van der Waals surface area contributed by atoms with Crippen LogP contribution in [0.25, 0.3) is 0 Å². The lowest BCUT2D eigenvalue weighted by Crippen LogP contribution is -2.57. The highest BCUT2D eigenvalue weighted by molar-refractivity contribution is 6.00. The number of amides is 4. The summed E-state index contributed by atoms with van der Waals surface area (Å²) >= 11 is 0. The molecule has 194 valence electrons. The van der Waals surface area contributed by atoms with Gasteiger partial charge < -0.3 is 0 Å². The Hall–Kier alpha value is -1.80. The number of carbonyl (C=O) groups excluding carboxylic acids is 4. The van der Waals surface area contributed by atoms with E-state index in [-0.39, 0.29) is 49.8 Å². The van der Waals surface area contributed by atoms with E-state index in [1.54, 1.807) is 0 Å². The molecule has 0 N–H and O–H groups in total. The van der Waals surface area contributed by atoms with Crippen molar-refractivity contribution in [1.82, 2.24) is 19.6 Å². The normalized spacial score (nSPS) is 18.4. The lowest BCUT2D eigenvalue weighted by molar-refractivity contribution is -0.154. The molecule has 0 saturated carbocycles. The van der Waals surface area contributed by atoms with E-state index in [1.165, 1.54) is 48.3 Å². The molecule has 0 aromatic carbocycles. The molecule has 0 aromatic heterocycles. The maximum absolute atomic E-state index is 12.5. The molecule has 0 bridgehead atoms. The van der Waals surface area contributed by atoms with Gasteiger partial charge in [0.05, 0.1) is 26.2 Å². The van der Waals surface area contributed by atoms with Gasteiger partial charge in [0.25, 0.3) is 0 Å². The second-order valence-corrected chi connectivity index (χ2v) is 9.84. The van der Waals surface area contributed by atoms with E-state index >= 15 is 0 Å². The quantitative estimate of drug-likeness (QED) is 0.236. The Bertz CT molecular complexity index is 577. The van der Waals surface area contributed by atoms with Crippen LogP contribution in [-0.2, 0) is 19.2 Å². The highest BCUT2D eigenvalue weighted by Gasteiger charge is 2.33. The van der Waals surface area contributed by atoms with Crippen LogP contribution in [0.15, 0.2) is 0 Å². The van der Waals surface area contributed by atoms with Crippen LogP contribution in [-0.4, -0.2) is 95.6 Å². The molecule has 2 rings (SSSR count). The van der Waals surface area contributed by atoms with Crippen LogP contribution in [0.2, 0.25) is 0 Å². The van der Waals surface area contributed by atoms with Crippen molar-refractivity contribution in [2.75, 3.05) is 52.4 Å². The van der Waals surface area contributed by atoms with Crippen LogP contribution in [0.1, 0.15) is 90.9 Å². The molecular formula is C26H46N4O4. The fraction of sp³-hybridized carbons (Fsp3) is 0.846. The summed E-state index contributed by atoms with van der Waals surface area (Å²) in [6.45, 7) is 7.29. The first kappa shape index (κ1) is 28.4. The number of nitrogens with zero attached hydrogens (tertiary/aromatic N) is 4. The van der Waals surface area contributed by atoms with Crippen molar-refractivity contribution < 1.29 is 19.2 Å². The predicted octanol–water partition coefficient (Wildman–Crippen LogP) is 3.05. The number of hydrogen-bond donors (Lipinski definition) is 0. The van der Waals surface area contributed by atoms with E-state index < -0.39 is 0 Å². The first-order valence-corrected chi connectivity index (χ1v) is 13.6. The monoisotopic (exact) mass is 478 g/mol. The smallest absolute Gasteiger partial charge is 0.243 e. The Kier molecular flexibility index (Phi) is 13.4. The first-order chi connectivity index (χ1) is 16.5. The van der Waals surface area contributed by atoms with Gasteiger partial charge in [0.2, 0.25) is 23.6 Å². The second-order valence-electron chi connectivity index (χ2n) is 9.84. The lowest BCUT2D eigenvalue weighted by atomic mass is 10.1. The molecule has 2 aliphatic heterocycles. The average Bonchev–Trinajstić information content (AvgIpc) is 2.80. The van der Waals surface area contributed by atoms with Crippen molar-refractivity contribution in [3.8, 4) is 0 Å². The van der Waals surface area contributed by atoms with Crippen LogP contribution in [0, 0.1) is 0 Å². The molecule has 2 fully saturated rings. The van der Waals surface area contributed by atoms with Crippen LogP contribution in [0.3, 0.4) is 0 Å². The van der Waals surface area contributed by atoms with E-state index in [0.717, 1.165) is 38.5 Å². The maximum Gasteiger partial charge on any atom is 0.243 e. The molecule has 4 amide bonds. The molecule has 0 aromatic rings. The van der Waals surface area contributed by atoms with Crippen LogP contribution >= 0.6 is 0 Å². The van der Waals surface area contributed by atoms with E-state index in [0.29, 0.717) is 26.2 Å². The molecule has 0 unspecified atom stereocenters. The van der Waals surface area contributed by atoms with Crippen molar-refractivity contribution in [3.63, 3.8) is 0 Å². The van der Waals surface area contributed by atoms with Gasteiger partial charge in [0.1, 0.15) is 0 Å². The fourth-order valence-corrected chi connectivity index (χ4v) is 4.69. The molecule has 2 heterocycles. The van der Waals surface area contributed by atoms with Gasteiger partial charge in [0.15, 0.2) is 0 Å². The third-order valence-corrected chi connectivity index (χ3v) is 6.84.